The highest BCUT2D eigenvalue weighted by atomic mass is 32.2. The zero-order valence-corrected chi connectivity index (χ0v) is 12.6. The Hall–Kier alpha value is -1.49. The van der Waals surface area contributed by atoms with Crippen molar-refractivity contribution in [2.24, 2.45) is 0 Å². The molecule has 0 aliphatic rings. The van der Waals surface area contributed by atoms with E-state index in [1.807, 2.05) is 0 Å². The second-order valence-corrected chi connectivity index (χ2v) is 6.88. The molecule has 104 valence electrons. The Labute approximate surface area is 118 Å². The highest BCUT2D eigenvalue weighted by Crippen LogP contribution is 2.23. The lowest BCUT2D eigenvalue weighted by atomic mass is 10.1. The fourth-order valence-electron chi connectivity index (χ4n) is 1.39. The molecule has 19 heavy (non-hydrogen) atoms. The van der Waals surface area contributed by atoms with Crippen molar-refractivity contribution in [3.05, 3.63) is 29.8 Å². The third-order valence-electron chi connectivity index (χ3n) is 2.31. The minimum Gasteiger partial charge on any atom is -0.355 e. The Morgan fingerprint density at radius 1 is 1.21 bits per heavy atom. The summed E-state index contributed by atoms with van der Waals surface area (Å²) in [6.07, 6.45) is 0. The number of carbonyl (C=O) groups excluding carboxylic acids is 2. The van der Waals surface area contributed by atoms with Crippen LogP contribution in [0.2, 0.25) is 0 Å². The van der Waals surface area contributed by atoms with Crippen LogP contribution in [0.5, 0.6) is 0 Å². The van der Waals surface area contributed by atoms with E-state index in [4.69, 9.17) is 0 Å². The fourth-order valence-corrected chi connectivity index (χ4v) is 2.03. The Kier molecular flexibility index (Phi) is 5.42. The first-order valence-corrected chi connectivity index (χ1v) is 7.07. The Morgan fingerprint density at radius 3 is 2.42 bits per heavy atom. The molecule has 0 bridgehead atoms. The molecule has 0 saturated heterocycles. The Bertz CT molecular complexity index is 467. The number of carbonyl (C=O) groups is 2. The number of amides is 2. The molecule has 0 unspecified atom stereocenters. The molecule has 0 saturated carbocycles. The van der Waals surface area contributed by atoms with Crippen LogP contribution in [0, 0.1) is 0 Å². The van der Waals surface area contributed by atoms with E-state index in [-0.39, 0.29) is 16.6 Å². The van der Waals surface area contributed by atoms with Crippen LogP contribution in [0.25, 0.3) is 0 Å². The van der Waals surface area contributed by atoms with Crippen LogP contribution in [0.1, 0.15) is 31.1 Å². The van der Waals surface area contributed by atoms with Crippen molar-refractivity contribution in [1.82, 2.24) is 5.32 Å². The SMILES string of the molecule is CNC(=O)c1ccccc1NC(=O)CSC(C)(C)C. The fraction of sp³-hybridized carbons (Fsp3) is 0.429. The van der Waals surface area contributed by atoms with E-state index in [0.29, 0.717) is 17.0 Å². The summed E-state index contributed by atoms with van der Waals surface area (Å²) in [6.45, 7) is 6.18. The number of thioether (sulfide) groups is 1. The summed E-state index contributed by atoms with van der Waals surface area (Å²) in [5, 5.41) is 5.33. The lowest BCUT2D eigenvalue weighted by molar-refractivity contribution is -0.113. The van der Waals surface area contributed by atoms with Crippen molar-refractivity contribution in [2.75, 3.05) is 18.1 Å². The zero-order valence-electron chi connectivity index (χ0n) is 11.7. The smallest absolute Gasteiger partial charge is 0.253 e. The van der Waals surface area contributed by atoms with Crippen LogP contribution in [0.4, 0.5) is 5.69 Å². The van der Waals surface area contributed by atoms with Crippen LogP contribution in [-0.4, -0.2) is 29.4 Å². The maximum absolute atomic E-state index is 11.9. The molecule has 0 aliphatic carbocycles. The standard InChI is InChI=1S/C14H20N2O2S/c1-14(2,3)19-9-12(17)16-11-8-6-5-7-10(11)13(18)15-4/h5-8H,9H2,1-4H3,(H,15,18)(H,16,17). The van der Waals surface area contributed by atoms with E-state index < -0.39 is 0 Å². The minimum atomic E-state index is -0.209. The Morgan fingerprint density at radius 2 is 1.84 bits per heavy atom. The van der Waals surface area contributed by atoms with Gasteiger partial charge in [0.05, 0.1) is 17.0 Å². The summed E-state index contributed by atoms with van der Waals surface area (Å²) < 4.78 is 0.0393. The first-order chi connectivity index (χ1) is 8.83. The summed E-state index contributed by atoms with van der Waals surface area (Å²) in [5.74, 6) is 0.0571. The van der Waals surface area contributed by atoms with Crippen molar-refractivity contribution in [1.29, 1.82) is 0 Å². The normalized spacial score (nSPS) is 10.9. The quantitative estimate of drug-likeness (QED) is 0.891. The van der Waals surface area contributed by atoms with Gasteiger partial charge in [0.1, 0.15) is 0 Å². The molecule has 1 rings (SSSR count). The maximum atomic E-state index is 11.9. The number of hydrogen-bond acceptors (Lipinski definition) is 3. The number of para-hydroxylation sites is 1. The van der Waals surface area contributed by atoms with Gasteiger partial charge in [-0.15, -0.1) is 11.8 Å². The van der Waals surface area contributed by atoms with E-state index in [0.717, 1.165) is 0 Å². The van der Waals surface area contributed by atoms with Gasteiger partial charge in [0.15, 0.2) is 0 Å². The average molecular weight is 280 g/mol. The molecule has 2 N–H and O–H groups in total. The molecule has 0 radical (unpaired) electrons. The third kappa shape index (κ3) is 5.34. The predicted octanol–water partition coefficient (Wildman–Crippen LogP) is 2.52. The molecule has 5 heteroatoms. The first-order valence-electron chi connectivity index (χ1n) is 6.08. The summed E-state index contributed by atoms with van der Waals surface area (Å²) in [6, 6.07) is 6.97. The number of anilines is 1. The van der Waals surface area contributed by atoms with Gasteiger partial charge in [0.2, 0.25) is 5.91 Å². The molecule has 1 aromatic rings. The Balaban J connectivity index is 2.72. The number of benzene rings is 1. The van der Waals surface area contributed by atoms with E-state index in [2.05, 4.69) is 31.4 Å². The van der Waals surface area contributed by atoms with Crippen molar-refractivity contribution >= 4 is 29.3 Å². The average Bonchev–Trinajstić information content (AvgIpc) is 2.35. The molecule has 2 amide bonds. The topological polar surface area (TPSA) is 58.2 Å². The van der Waals surface area contributed by atoms with Crippen molar-refractivity contribution in [3.63, 3.8) is 0 Å². The lowest BCUT2D eigenvalue weighted by Gasteiger charge is -2.17. The molecular formula is C14H20N2O2S. The van der Waals surface area contributed by atoms with Gasteiger partial charge in [-0.05, 0) is 12.1 Å². The van der Waals surface area contributed by atoms with Crippen molar-refractivity contribution in [3.8, 4) is 0 Å². The second-order valence-electron chi connectivity index (χ2n) is 5.07. The van der Waals surface area contributed by atoms with E-state index in [1.165, 1.54) is 0 Å². The second kappa shape index (κ2) is 6.61. The zero-order chi connectivity index (χ0) is 14.5. The van der Waals surface area contributed by atoms with Crippen LogP contribution in [-0.2, 0) is 4.79 Å². The van der Waals surface area contributed by atoms with Crippen LogP contribution in [0.3, 0.4) is 0 Å². The van der Waals surface area contributed by atoms with Gasteiger partial charge in [0, 0.05) is 11.8 Å². The summed E-state index contributed by atoms with van der Waals surface area (Å²) in [5.41, 5.74) is 1.01. The third-order valence-corrected chi connectivity index (χ3v) is 3.58. The number of hydrogen-bond donors (Lipinski definition) is 2. The maximum Gasteiger partial charge on any atom is 0.253 e. The lowest BCUT2D eigenvalue weighted by Crippen LogP contribution is -2.23. The summed E-state index contributed by atoms with van der Waals surface area (Å²) in [7, 11) is 1.57. The van der Waals surface area contributed by atoms with Gasteiger partial charge in [0.25, 0.3) is 5.91 Å². The minimum absolute atomic E-state index is 0.0393. The van der Waals surface area contributed by atoms with Crippen molar-refractivity contribution in [2.45, 2.75) is 25.5 Å². The molecule has 0 aliphatic heterocycles. The van der Waals surface area contributed by atoms with E-state index >= 15 is 0 Å². The molecule has 0 fully saturated rings. The van der Waals surface area contributed by atoms with Crippen LogP contribution in [0.15, 0.2) is 24.3 Å². The van der Waals surface area contributed by atoms with Gasteiger partial charge in [-0.25, -0.2) is 0 Å². The number of rotatable bonds is 4. The van der Waals surface area contributed by atoms with Gasteiger partial charge in [-0.1, -0.05) is 32.9 Å². The molecule has 0 heterocycles. The van der Waals surface area contributed by atoms with Gasteiger partial charge < -0.3 is 10.6 Å². The van der Waals surface area contributed by atoms with Gasteiger partial charge in [-0.2, -0.15) is 0 Å². The molecule has 0 aromatic heterocycles. The summed E-state index contributed by atoms with van der Waals surface area (Å²) >= 11 is 1.57. The van der Waals surface area contributed by atoms with Crippen LogP contribution < -0.4 is 10.6 Å². The van der Waals surface area contributed by atoms with Crippen molar-refractivity contribution < 1.29 is 9.59 Å². The van der Waals surface area contributed by atoms with E-state index in [9.17, 15) is 9.59 Å². The molecule has 0 spiro atoms. The van der Waals surface area contributed by atoms with E-state index in [1.54, 1.807) is 43.1 Å². The van der Waals surface area contributed by atoms with Crippen LogP contribution >= 0.6 is 11.8 Å². The monoisotopic (exact) mass is 280 g/mol. The largest absolute Gasteiger partial charge is 0.355 e. The first kappa shape index (κ1) is 15.6. The highest BCUT2D eigenvalue weighted by Gasteiger charge is 2.15. The summed E-state index contributed by atoms with van der Waals surface area (Å²) in [4.78, 5) is 23.5. The molecule has 1 aromatic carbocycles. The molecule has 4 nitrogen and oxygen atoms in total. The van der Waals surface area contributed by atoms with Gasteiger partial charge >= 0.3 is 0 Å². The highest BCUT2D eigenvalue weighted by molar-refractivity contribution is 8.01. The molecular weight excluding hydrogens is 260 g/mol. The number of nitrogens with one attached hydrogen (secondary N) is 2. The van der Waals surface area contributed by atoms with Gasteiger partial charge in [-0.3, -0.25) is 9.59 Å². The predicted molar refractivity (Wildman–Crippen MR) is 80.7 cm³/mol. The molecule has 0 atom stereocenters.